The quantitative estimate of drug-likeness (QED) is 0.622. The summed E-state index contributed by atoms with van der Waals surface area (Å²) in [4.78, 5) is 16.9. The zero-order valence-corrected chi connectivity index (χ0v) is 7.53. The van der Waals surface area contributed by atoms with Crippen molar-refractivity contribution in [3.8, 4) is 0 Å². The zero-order chi connectivity index (χ0) is 9.14. The van der Waals surface area contributed by atoms with E-state index in [0.717, 1.165) is 5.69 Å². The smallest absolute Gasteiger partial charge is 0.254 e. The standard InChI is InChI=1S/C9H12N2O/c1-7-4-5-8(6-10-7)9(12)11(2)3/h4-6H,1-3H3. The fourth-order valence-corrected chi connectivity index (χ4v) is 0.853. The van der Waals surface area contributed by atoms with Crippen LogP contribution in [0.2, 0.25) is 0 Å². The summed E-state index contributed by atoms with van der Waals surface area (Å²) in [5, 5.41) is 0. The van der Waals surface area contributed by atoms with Crippen LogP contribution in [0.25, 0.3) is 0 Å². The summed E-state index contributed by atoms with van der Waals surface area (Å²) in [7, 11) is 3.45. The van der Waals surface area contributed by atoms with Gasteiger partial charge < -0.3 is 4.90 Å². The molecule has 12 heavy (non-hydrogen) atoms. The van der Waals surface area contributed by atoms with Crippen LogP contribution in [-0.4, -0.2) is 29.9 Å². The number of aromatic nitrogens is 1. The lowest BCUT2D eigenvalue weighted by molar-refractivity contribution is 0.0827. The first-order chi connectivity index (χ1) is 5.61. The Morgan fingerprint density at radius 2 is 2.08 bits per heavy atom. The number of rotatable bonds is 1. The summed E-state index contributed by atoms with van der Waals surface area (Å²) in [6, 6.07) is 3.61. The van der Waals surface area contributed by atoms with Gasteiger partial charge in [-0.25, -0.2) is 0 Å². The number of aryl methyl sites for hydroxylation is 1. The van der Waals surface area contributed by atoms with E-state index in [1.54, 1.807) is 26.4 Å². The van der Waals surface area contributed by atoms with Crippen molar-refractivity contribution in [2.75, 3.05) is 14.1 Å². The van der Waals surface area contributed by atoms with Crippen molar-refractivity contribution < 1.29 is 4.79 Å². The first-order valence-electron chi connectivity index (χ1n) is 3.75. The molecule has 0 unspecified atom stereocenters. The summed E-state index contributed by atoms with van der Waals surface area (Å²) in [5.41, 5.74) is 1.55. The van der Waals surface area contributed by atoms with E-state index in [4.69, 9.17) is 0 Å². The van der Waals surface area contributed by atoms with Crippen LogP contribution < -0.4 is 0 Å². The Hall–Kier alpha value is -1.38. The van der Waals surface area contributed by atoms with Crippen LogP contribution in [0.1, 0.15) is 16.1 Å². The molecule has 64 valence electrons. The molecule has 0 aromatic carbocycles. The molecule has 0 aliphatic heterocycles. The van der Waals surface area contributed by atoms with Crippen LogP contribution in [0, 0.1) is 6.92 Å². The van der Waals surface area contributed by atoms with Crippen molar-refractivity contribution in [3.05, 3.63) is 29.6 Å². The molecule has 0 radical (unpaired) electrons. The topological polar surface area (TPSA) is 33.2 Å². The molecule has 1 rings (SSSR count). The minimum atomic E-state index is -0.0116. The second-order valence-corrected chi connectivity index (χ2v) is 2.89. The fraction of sp³-hybridized carbons (Fsp3) is 0.333. The molecular formula is C9H12N2O. The van der Waals surface area contributed by atoms with Gasteiger partial charge in [-0.15, -0.1) is 0 Å². The van der Waals surface area contributed by atoms with Crippen molar-refractivity contribution in [2.24, 2.45) is 0 Å². The van der Waals surface area contributed by atoms with Crippen molar-refractivity contribution in [2.45, 2.75) is 6.92 Å². The van der Waals surface area contributed by atoms with Gasteiger partial charge in [-0.05, 0) is 19.1 Å². The van der Waals surface area contributed by atoms with Gasteiger partial charge in [-0.3, -0.25) is 9.78 Å². The molecule has 0 fully saturated rings. The van der Waals surface area contributed by atoms with Crippen LogP contribution in [0.4, 0.5) is 0 Å². The van der Waals surface area contributed by atoms with Crippen LogP contribution in [0.3, 0.4) is 0 Å². The maximum absolute atomic E-state index is 11.3. The summed E-state index contributed by atoms with van der Waals surface area (Å²) >= 11 is 0. The van der Waals surface area contributed by atoms with Crippen LogP contribution >= 0.6 is 0 Å². The van der Waals surface area contributed by atoms with Crippen LogP contribution in [-0.2, 0) is 0 Å². The second-order valence-electron chi connectivity index (χ2n) is 2.89. The highest BCUT2D eigenvalue weighted by Crippen LogP contribution is 2.01. The highest BCUT2D eigenvalue weighted by atomic mass is 16.2. The Morgan fingerprint density at radius 1 is 1.42 bits per heavy atom. The summed E-state index contributed by atoms with van der Waals surface area (Å²) in [6.07, 6.45) is 1.59. The van der Waals surface area contributed by atoms with Gasteiger partial charge in [0.15, 0.2) is 0 Å². The average Bonchev–Trinajstić information content (AvgIpc) is 2.04. The van der Waals surface area contributed by atoms with E-state index in [1.165, 1.54) is 4.90 Å². The first kappa shape index (κ1) is 8.71. The summed E-state index contributed by atoms with van der Waals surface area (Å²) in [6.45, 7) is 1.89. The van der Waals surface area contributed by atoms with Gasteiger partial charge in [0, 0.05) is 26.0 Å². The van der Waals surface area contributed by atoms with Crippen LogP contribution in [0.15, 0.2) is 18.3 Å². The van der Waals surface area contributed by atoms with Gasteiger partial charge in [0.25, 0.3) is 5.91 Å². The minimum absolute atomic E-state index is 0.0116. The largest absolute Gasteiger partial charge is 0.345 e. The monoisotopic (exact) mass is 164 g/mol. The Kier molecular flexibility index (Phi) is 2.43. The van der Waals surface area contributed by atoms with E-state index in [0.29, 0.717) is 5.56 Å². The van der Waals surface area contributed by atoms with Crippen molar-refractivity contribution in [1.82, 2.24) is 9.88 Å². The molecule has 0 aliphatic rings. The number of carbonyl (C=O) groups excluding carboxylic acids is 1. The third-order valence-electron chi connectivity index (χ3n) is 1.56. The van der Waals surface area contributed by atoms with Gasteiger partial charge in [0.1, 0.15) is 0 Å². The summed E-state index contributed by atoms with van der Waals surface area (Å²) in [5.74, 6) is -0.0116. The molecule has 3 nitrogen and oxygen atoms in total. The fourth-order valence-electron chi connectivity index (χ4n) is 0.853. The summed E-state index contributed by atoms with van der Waals surface area (Å²) < 4.78 is 0. The van der Waals surface area contributed by atoms with Crippen LogP contribution in [0.5, 0.6) is 0 Å². The third kappa shape index (κ3) is 1.81. The Morgan fingerprint density at radius 3 is 2.50 bits per heavy atom. The number of hydrogen-bond donors (Lipinski definition) is 0. The van der Waals surface area contributed by atoms with E-state index >= 15 is 0 Å². The molecule has 0 N–H and O–H groups in total. The third-order valence-corrected chi connectivity index (χ3v) is 1.56. The van der Waals surface area contributed by atoms with Crippen molar-refractivity contribution >= 4 is 5.91 Å². The maximum Gasteiger partial charge on any atom is 0.254 e. The average molecular weight is 164 g/mol. The number of hydrogen-bond acceptors (Lipinski definition) is 2. The molecule has 0 bridgehead atoms. The predicted molar refractivity (Wildman–Crippen MR) is 47.0 cm³/mol. The van der Waals surface area contributed by atoms with Gasteiger partial charge in [0.05, 0.1) is 5.56 Å². The SMILES string of the molecule is Cc1ccc(C(=O)N(C)C)cn1. The highest BCUT2D eigenvalue weighted by Gasteiger charge is 2.06. The lowest BCUT2D eigenvalue weighted by atomic mass is 10.2. The number of amides is 1. The first-order valence-corrected chi connectivity index (χ1v) is 3.75. The van der Waals surface area contributed by atoms with E-state index in [9.17, 15) is 4.79 Å². The zero-order valence-electron chi connectivity index (χ0n) is 7.53. The molecule has 0 spiro atoms. The Labute approximate surface area is 72.0 Å². The molecule has 1 heterocycles. The molecule has 0 aliphatic carbocycles. The van der Waals surface area contributed by atoms with Gasteiger partial charge in [-0.2, -0.15) is 0 Å². The number of nitrogens with zero attached hydrogens (tertiary/aromatic N) is 2. The van der Waals surface area contributed by atoms with E-state index < -0.39 is 0 Å². The van der Waals surface area contributed by atoms with Crippen molar-refractivity contribution in [3.63, 3.8) is 0 Å². The molecule has 1 aromatic heterocycles. The van der Waals surface area contributed by atoms with Crippen molar-refractivity contribution in [1.29, 1.82) is 0 Å². The predicted octanol–water partition coefficient (Wildman–Crippen LogP) is 1.09. The van der Waals surface area contributed by atoms with E-state index in [1.807, 2.05) is 13.0 Å². The van der Waals surface area contributed by atoms with Gasteiger partial charge >= 0.3 is 0 Å². The minimum Gasteiger partial charge on any atom is -0.345 e. The van der Waals surface area contributed by atoms with E-state index in [-0.39, 0.29) is 5.91 Å². The van der Waals surface area contributed by atoms with Gasteiger partial charge in [0.2, 0.25) is 0 Å². The number of carbonyl (C=O) groups is 1. The molecule has 1 amide bonds. The molecule has 1 aromatic rings. The lowest BCUT2D eigenvalue weighted by Crippen LogP contribution is -2.21. The molecule has 0 atom stereocenters. The van der Waals surface area contributed by atoms with Gasteiger partial charge in [-0.1, -0.05) is 0 Å². The molecular weight excluding hydrogens is 152 g/mol. The second kappa shape index (κ2) is 3.34. The maximum atomic E-state index is 11.3. The normalized spacial score (nSPS) is 9.58. The number of pyridine rings is 1. The molecule has 0 saturated carbocycles. The highest BCUT2D eigenvalue weighted by molar-refractivity contribution is 5.93. The molecule has 0 saturated heterocycles. The lowest BCUT2D eigenvalue weighted by Gasteiger charge is -2.09. The van der Waals surface area contributed by atoms with E-state index in [2.05, 4.69) is 4.98 Å². The Bertz CT molecular complexity index is 277. The Balaban J connectivity index is 2.90. The molecule has 3 heteroatoms.